The van der Waals surface area contributed by atoms with Crippen molar-refractivity contribution < 1.29 is 14.3 Å². The highest BCUT2D eigenvalue weighted by Crippen LogP contribution is 2.30. The van der Waals surface area contributed by atoms with Crippen LogP contribution in [0.2, 0.25) is 0 Å². The van der Waals surface area contributed by atoms with Gasteiger partial charge in [0.25, 0.3) is 5.91 Å². The van der Waals surface area contributed by atoms with Gasteiger partial charge in [-0.1, -0.05) is 52.9 Å². The number of hydrogen-bond donors (Lipinski definition) is 4. The summed E-state index contributed by atoms with van der Waals surface area (Å²) in [6, 6.07) is 0.121. The molecule has 1 aromatic heterocycles. The molecule has 3 amide bonds. The normalized spacial score (nSPS) is 10.9. The number of ether oxygens (including phenoxy) is 1. The molecule has 1 heterocycles. The van der Waals surface area contributed by atoms with Crippen molar-refractivity contribution in [2.24, 2.45) is 5.73 Å². The number of hydrogen-bond acceptors (Lipinski definition) is 6. The zero-order valence-electron chi connectivity index (χ0n) is 18.0. The molecule has 0 saturated carbocycles. The molecule has 0 aliphatic heterocycles. The summed E-state index contributed by atoms with van der Waals surface area (Å²) in [4.78, 5) is 23.9. The molecule has 0 radical (unpaired) electrons. The SMILES string of the molecule is CCCCCCCOc1nsc(NC(=O)NCCCCCNC(C)C)c1C(N)=O. The van der Waals surface area contributed by atoms with E-state index in [9.17, 15) is 9.59 Å². The van der Waals surface area contributed by atoms with E-state index in [2.05, 4.69) is 41.1 Å². The second-order valence-electron chi connectivity index (χ2n) is 7.37. The number of nitrogens with one attached hydrogen (secondary N) is 3. The third kappa shape index (κ3) is 11.0. The lowest BCUT2D eigenvalue weighted by molar-refractivity contribution is 0.0997. The Balaban J connectivity index is 2.36. The van der Waals surface area contributed by atoms with E-state index >= 15 is 0 Å². The average Bonchev–Trinajstić information content (AvgIpc) is 3.06. The molecule has 9 heteroatoms. The Morgan fingerprint density at radius 2 is 1.76 bits per heavy atom. The van der Waals surface area contributed by atoms with Gasteiger partial charge in [-0.25, -0.2) is 4.79 Å². The zero-order chi connectivity index (χ0) is 21.5. The molecule has 0 spiro atoms. The highest BCUT2D eigenvalue weighted by molar-refractivity contribution is 7.11. The Kier molecular flexibility index (Phi) is 13.0. The largest absolute Gasteiger partial charge is 0.476 e. The number of primary amides is 1. The molecular formula is C20H37N5O3S. The minimum Gasteiger partial charge on any atom is -0.476 e. The minimum absolute atomic E-state index is 0.137. The van der Waals surface area contributed by atoms with E-state index in [4.69, 9.17) is 10.5 Å². The second kappa shape index (κ2) is 15.0. The van der Waals surface area contributed by atoms with Crippen molar-refractivity contribution in [2.75, 3.05) is 25.0 Å². The first kappa shape index (κ1) is 25.2. The first-order valence-corrected chi connectivity index (χ1v) is 11.4. The van der Waals surface area contributed by atoms with Gasteiger partial charge in [0, 0.05) is 12.6 Å². The summed E-state index contributed by atoms with van der Waals surface area (Å²) in [6.07, 6.45) is 8.53. The third-order valence-electron chi connectivity index (χ3n) is 4.31. The van der Waals surface area contributed by atoms with Gasteiger partial charge in [0.1, 0.15) is 10.6 Å². The number of carbonyl (C=O) groups excluding carboxylic acids is 2. The van der Waals surface area contributed by atoms with Crippen LogP contribution in [-0.4, -0.2) is 42.1 Å². The fraction of sp³-hybridized carbons (Fsp3) is 0.750. The number of rotatable bonds is 16. The van der Waals surface area contributed by atoms with Gasteiger partial charge in [0.05, 0.1) is 6.61 Å². The van der Waals surface area contributed by atoms with E-state index in [1.54, 1.807) is 0 Å². The van der Waals surface area contributed by atoms with Crippen LogP contribution in [-0.2, 0) is 0 Å². The van der Waals surface area contributed by atoms with E-state index in [1.807, 2.05) is 0 Å². The molecule has 0 aromatic carbocycles. The van der Waals surface area contributed by atoms with Crippen molar-refractivity contribution in [2.45, 2.75) is 78.2 Å². The van der Waals surface area contributed by atoms with Gasteiger partial charge in [-0.15, -0.1) is 0 Å². The number of anilines is 1. The molecule has 5 N–H and O–H groups in total. The zero-order valence-corrected chi connectivity index (χ0v) is 18.8. The molecule has 0 bridgehead atoms. The number of nitrogens with zero attached hydrogens (tertiary/aromatic N) is 1. The lowest BCUT2D eigenvalue weighted by Gasteiger charge is -2.09. The van der Waals surface area contributed by atoms with E-state index in [0.29, 0.717) is 24.2 Å². The van der Waals surface area contributed by atoms with Crippen LogP contribution in [0.3, 0.4) is 0 Å². The molecule has 0 saturated heterocycles. The molecular weight excluding hydrogens is 390 g/mol. The molecule has 1 rings (SSSR count). The Morgan fingerprint density at radius 1 is 1.07 bits per heavy atom. The topological polar surface area (TPSA) is 118 Å². The van der Waals surface area contributed by atoms with Crippen molar-refractivity contribution in [1.82, 2.24) is 15.0 Å². The predicted octanol–water partition coefficient (Wildman–Crippen LogP) is 3.88. The van der Waals surface area contributed by atoms with Crippen molar-refractivity contribution >= 4 is 28.5 Å². The molecule has 0 aliphatic rings. The van der Waals surface area contributed by atoms with Gasteiger partial charge in [-0.2, -0.15) is 4.37 Å². The van der Waals surface area contributed by atoms with Gasteiger partial charge < -0.3 is 21.1 Å². The maximum absolute atomic E-state index is 12.1. The van der Waals surface area contributed by atoms with E-state index in [1.165, 1.54) is 19.3 Å². The van der Waals surface area contributed by atoms with Crippen LogP contribution < -0.4 is 26.4 Å². The smallest absolute Gasteiger partial charge is 0.319 e. The van der Waals surface area contributed by atoms with Gasteiger partial charge in [0.15, 0.2) is 0 Å². The highest BCUT2D eigenvalue weighted by Gasteiger charge is 2.21. The Bertz CT molecular complexity index is 607. The number of unbranched alkanes of at least 4 members (excludes halogenated alkanes) is 6. The van der Waals surface area contributed by atoms with Crippen molar-refractivity contribution in [3.05, 3.63) is 5.56 Å². The Morgan fingerprint density at radius 3 is 2.45 bits per heavy atom. The summed E-state index contributed by atoms with van der Waals surface area (Å²) in [6.45, 7) is 8.44. The van der Waals surface area contributed by atoms with Crippen LogP contribution in [0.25, 0.3) is 0 Å². The van der Waals surface area contributed by atoms with E-state index in [-0.39, 0.29) is 17.5 Å². The van der Waals surface area contributed by atoms with E-state index in [0.717, 1.165) is 50.2 Å². The number of urea groups is 1. The summed E-state index contributed by atoms with van der Waals surface area (Å²) in [5.74, 6) is -0.460. The average molecular weight is 428 g/mol. The number of carbonyl (C=O) groups is 2. The van der Waals surface area contributed by atoms with Gasteiger partial charge >= 0.3 is 6.03 Å². The number of aromatic nitrogens is 1. The molecule has 0 fully saturated rings. The molecule has 8 nitrogen and oxygen atoms in total. The van der Waals surface area contributed by atoms with E-state index < -0.39 is 5.91 Å². The van der Waals surface area contributed by atoms with Crippen LogP contribution >= 0.6 is 11.5 Å². The molecule has 29 heavy (non-hydrogen) atoms. The minimum atomic E-state index is -0.660. The molecule has 0 atom stereocenters. The highest BCUT2D eigenvalue weighted by atomic mass is 32.1. The second-order valence-corrected chi connectivity index (χ2v) is 8.14. The standard InChI is InChI=1S/C20H37N5O3S/c1-4-5-6-7-11-14-28-18-16(17(21)26)19(29-25-18)24-20(27)23-13-10-8-9-12-22-15(2)3/h15,22H,4-14H2,1-3H3,(H2,21,26)(H2,23,24,27). The third-order valence-corrected chi connectivity index (χ3v) is 5.06. The Labute approximate surface area is 178 Å². The summed E-state index contributed by atoms with van der Waals surface area (Å²) in [5, 5.41) is 9.13. The monoisotopic (exact) mass is 427 g/mol. The maximum atomic E-state index is 12.1. The summed E-state index contributed by atoms with van der Waals surface area (Å²) in [7, 11) is 0. The van der Waals surface area contributed by atoms with Crippen molar-refractivity contribution in [3.8, 4) is 5.88 Å². The molecule has 1 aromatic rings. The van der Waals surface area contributed by atoms with Crippen LogP contribution in [0.15, 0.2) is 0 Å². The number of nitrogens with two attached hydrogens (primary N) is 1. The van der Waals surface area contributed by atoms with Crippen LogP contribution in [0.4, 0.5) is 9.80 Å². The fourth-order valence-electron chi connectivity index (χ4n) is 2.72. The van der Waals surface area contributed by atoms with Crippen LogP contribution in [0.5, 0.6) is 5.88 Å². The maximum Gasteiger partial charge on any atom is 0.319 e. The molecule has 0 aliphatic carbocycles. The predicted molar refractivity (Wildman–Crippen MR) is 119 cm³/mol. The lowest BCUT2D eigenvalue weighted by Crippen LogP contribution is -2.30. The number of amides is 3. The van der Waals surface area contributed by atoms with Crippen LogP contribution in [0.1, 0.15) is 82.5 Å². The van der Waals surface area contributed by atoms with Crippen LogP contribution in [0, 0.1) is 0 Å². The quantitative estimate of drug-likeness (QED) is 0.299. The Hall–Kier alpha value is -1.87. The first-order chi connectivity index (χ1) is 14.0. The van der Waals surface area contributed by atoms with Gasteiger partial charge in [0.2, 0.25) is 5.88 Å². The lowest BCUT2D eigenvalue weighted by atomic mass is 10.2. The van der Waals surface area contributed by atoms with Gasteiger partial charge in [-0.05, 0) is 37.3 Å². The van der Waals surface area contributed by atoms with Crippen molar-refractivity contribution in [1.29, 1.82) is 0 Å². The molecule has 0 unspecified atom stereocenters. The summed E-state index contributed by atoms with van der Waals surface area (Å²) < 4.78 is 9.75. The summed E-state index contributed by atoms with van der Waals surface area (Å²) >= 11 is 1.00. The molecule has 166 valence electrons. The fourth-order valence-corrected chi connectivity index (χ4v) is 3.45. The summed E-state index contributed by atoms with van der Waals surface area (Å²) in [5.41, 5.74) is 5.60. The van der Waals surface area contributed by atoms with Crippen molar-refractivity contribution in [3.63, 3.8) is 0 Å². The van der Waals surface area contributed by atoms with Gasteiger partial charge in [-0.3, -0.25) is 10.1 Å². The first-order valence-electron chi connectivity index (χ1n) is 10.7.